The van der Waals surface area contributed by atoms with Gasteiger partial charge in [0.05, 0.1) is 12.6 Å². The van der Waals surface area contributed by atoms with E-state index in [0.29, 0.717) is 6.54 Å². The third kappa shape index (κ3) is 3.42. The highest BCUT2D eigenvalue weighted by Crippen LogP contribution is 2.16. The van der Waals surface area contributed by atoms with Crippen molar-refractivity contribution >= 4 is 11.6 Å². The average molecular weight is 258 g/mol. The number of carbonyl (C=O) groups excluding carboxylic acids is 1. The van der Waals surface area contributed by atoms with Crippen molar-refractivity contribution in [2.24, 2.45) is 0 Å². The molecule has 0 fully saturated rings. The molecule has 2 aromatic rings. The van der Waals surface area contributed by atoms with Crippen LogP contribution in [-0.2, 0) is 11.3 Å². The molecule has 1 atom stereocenters. The third-order valence-electron chi connectivity index (χ3n) is 2.99. The van der Waals surface area contributed by atoms with E-state index in [4.69, 9.17) is 0 Å². The molecule has 2 N–H and O–H groups in total. The van der Waals surface area contributed by atoms with Crippen LogP contribution < -0.4 is 10.6 Å². The molecule has 100 valence electrons. The minimum Gasteiger partial charge on any atom is -0.324 e. The van der Waals surface area contributed by atoms with Gasteiger partial charge >= 0.3 is 0 Å². The normalized spacial score (nSPS) is 12.1. The standard InChI is InChI=1S/C14H18N4O/c1-11(15-2)14(19)17-13-7-4-3-6-12(13)10-18-9-5-8-16-18/h3-9,11,15H,10H2,1-2H3,(H,17,19). The van der Waals surface area contributed by atoms with E-state index in [9.17, 15) is 4.79 Å². The van der Waals surface area contributed by atoms with E-state index < -0.39 is 0 Å². The van der Waals surface area contributed by atoms with Gasteiger partial charge in [-0.1, -0.05) is 18.2 Å². The number of para-hydroxylation sites is 1. The SMILES string of the molecule is CNC(C)C(=O)Nc1ccccc1Cn1cccn1. The van der Waals surface area contributed by atoms with E-state index in [1.807, 2.05) is 48.1 Å². The number of aromatic nitrogens is 2. The van der Waals surface area contributed by atoms with Crippen molar-refractivity contribution in [1.82, 2.24) is 15.1 Å². The summed E-state index contributed by atoms with van der Waals surface area (Å²) in [7, 11) is 1.76. The minimum absolute atomic E-state index is 0.0459. The molecule has 0 radical (unpaired) electrons. The highest BCUT2D eigenvalue weighted by molar-refractivity contribution is 5.95. The van der Waals surface area contributed by atoms with Crippen LogP contribution in [0.5, 0.6) is 0 Å². The summed E-state index contributed by atoms with van der Waals surface area (Å²) >= 11 is 0. The van der Waals surface area contributed by atoms with Gasteiger partial charge < -0.3 is 10.6 Å². The molecular formula is C14H18N4O. The number of anilines is 1. The third-order valence-corrected chi connectivity index (χ3v) is 2.99. The summed E-state index contributed by atoms with van der Waals surface area (Å²) in [6.45, 7) is 2.46. The van der Waals surface area contributed by atoms with E-state index in [1.54, 1.807) is 13.2 Å². The first-order valence-corrected chi connectivity index (χ1v) is 6.24. The lowest BCUT2D eigenvalue weighted by Gasteiger charge is -2.14. The number of amides is 1. The Morgan fingerprint density at radius 2 is 2.16 bits per heavy atom. The molecule has 0 aliphatic carbocycles. The molecule has 5 heteroatoms. The molecule has 1 aromatic carbocycles. The maximum atomic E-state index is 11.9. The molecule has 0 saturated carbocycles. The van der Waals surface area contributed by atoms with Crippen molar-refractivity contribution in [3.63, 3.8) is 0 Å². The zero-order chi connectivity index (χ0) is 13.7. The fourth-order valence-electron chi connectivity index (χ4n) is 1.72. The Kier molecular flexibility index (Phi) is 4.30. The van der Waals surface area contributed by atoms with Crippen molar-refractivity contribution in [1.29, 1.82) is 0 Å². The number of nitrogens with zero attached hydrogens (tertiary/aromatic N) is 2. The molecule has 0 bridgehead atoms. The Labute approximate surface area is 112 Å². The van der Waals surface area contributed by atoms with Crippen molar-refractivity contribution < 1.29 is 4.79 Å². The number of hydrogen-bond donors (Lipinski definition) is 2. The van der Waals surface area contributed by atoms with E-state index in [2.05, 4.69) is 15.7 Å². The van der Waals surface area contributed by atoms with E-state index in [-0.39, 0.29) is 11.9 Å². The molecule has 0 saturated heterocycles. The number of carbonyl (C=O) groups is 1. The molecule has 0 spiro atoms. The van der Waals surface area contributed by atoms with Gasteiger partial charge in [-0.2, -0.15) is 5.10 Å². The molecule has 2 rings (SSSR count). The van der Waals surface area contributed by atoms with Gasteiger partial charge in [-0.05, 0) is 31.7 Å². The first kappa shape index (κ1) is 13.3. The highest BCUT2D eigenvalue weighted by atomic mass is 16.2. The Morgan fingerprint density at radius 3 is 2.84 bits per heavy atom. The zero-order valence-electron chi connectivity index (χ0n) is 11.1. The first-order valence-electron chi connectivity index (χ1n) is 6.24. The fourth-order valence-corrected chi connectivity index (χ4v) is 1.72. The lowest BCUT2D eigenvalue weighted by molar-refractivity contribution is -0.117. The van der Waals surface area contributed by atoms with Gasteiger partial charge in [-0.25, -0.2) is 0 Å². The van der Waals surface area contributed by atoms with E-state index in [0.717, 1.165) is 11.3 Å². The second-order valence-corrected chi connectivity index (χ2v) is 4.36. The lowest BCUT2D eigenvalue weighted by Crippen LogP contribution is -2.35. The van der Waals surface area contributed by atoms with Gasteiger partial charge in [-0.3, -0.25) is 9.48 Å². The quantitative estimate of drug-likeness (QED) is 0.854. The van der Waals surface area contributed by atoms with Gasteiger partial charge in [0.15, 0.2) is 0 Å². The van der Waals surface area contributed by atoms with Crippen LogP contribution in [0, 0.1) is 0 Å². The second-order valence-electron chi connectivity index (χ2n) is 4.36. The number of nitrogens with one attached hydrogen (secondary N) is 2. The predicted octanol–water partition coefficient (Wildman–Crippen LogP) is 1.48. The second kappa shape index (κ2) is 6.15. The Bertz CT molecular complexity index is 536. The Morgan fingerprint density at radius 1 is 1.37 bits per heavy atom. The van der Waals surface area contributed by atoms with Crippen LogP contribution in [0.15, 0.2) is 42.7 Å². The molecule has 0 aliphatic rings. The molecule has 1 unspecified atom stereocenters. The lowest BCUT2D eigenvalue weighted by atomic mass is 10.1. The molecule has 19 heavy (non-hydrogen) atoms. The smallest absolute Gasteiger partial charge is 0.241 e. The fraction of sp³-hybridized carbons (Fsp3) is 0.286. The van der Waals surface area contributed by atoms with Gasteiger partial charge in [0.2, 0.25) is 5.91 Å². The molecule has 1 heterocycles. The number of rotatable bonds is 5. The van der Waals surface area contributed by atoms with E-state index >= 15 is 0 Å². The molecule has 0 aliphatic heterocycles. The summed E-state index contributed by atoms with van der Waals surface area (Å²) in [5, 5.41) is 10.0. The molecule has 1 amide bonds. The monoisotopic (exact) mass is 258 g/mol. The molecule has 1 aromatic heterocycles. The van der Waals surface area contributed by atoms with Gasteiger partial charge in [0.25, 0.3) is 0 Å². The number of hydrogen-bond acceptors (Lipinski definition) is 3. The van der Waals surface area contributed by atoms with Gasteiger partial charge in [-0.15, -0.1) is 0 Å². The summed E-state index contributed by atoms with van der Waals surface area (Å²) in [6.07, 6.45) is 3.64. The first-order chi connectivity index (χ1) is 9.20. The van der Waals surface area contributed by atoms with Gasteiger partial charge in [0, 0.05) is 18.1 Å². The Hall–Kier alpha value is -2.14. The average Bonchev–Trinajstić information content (AvgIpc) is 2.93. The Balaban J connectivity index is 2.14. The van der Waals surface area contributed by atoms with Crippen LogP contribution in [0.1, 0.15) is 12.5 Å². The summed E-state index contributed by atoms with van der Waals surface area (Å²) in [5.41, 5.74) is 1.85. The number of likely N-dealkylation sites (N-methyl/N-ethyl adjacent to an activating group) is 1. The van der Waals surface area contributed by atoms with Gasteiger partial charge in [0.1, 0.15) is 0 Å². The summed E-state index contributed by atoms with van der Waals surface area (Å²) in [6, 6.07) is 9.41. The van der Waals surface area contributed by atoms with Crippen LogP contribution in [0.4, 0.5) is 5.69 Å². The van der Waals surface area contributed by atoms with Crippen molar-refractivity contribution in [3.05, 3.63) is 48.3 Å². The van der Waals surface area contributed by atoms with Crippen molar-refractivity contribution in [2.45, 2.75) is 19.5 Å². The predicted molar refractivity (Wildman–Crippen MR) is 74.9 cm³/mol. The highest BCUT2D eigenvalue weighted by Gasteiger charge is 2.12. The summed E-state index contributed by atoms with van der Waals surface area (Å²) in [5.74, 6) is -0.0459. The molecular weight excluding hydrogens is 240 g/mol. The summed E-state index contributed by atoms with van der Waals surface area (Å²) in [4.78, 5) is 11.9. The number of benzene rings is 1. The van der Waals surface area contributed by atoms with Crippen LogP contribution in [0.2, 0.25) is 0 Å². The minimum atomic E-state index is -0.224. The topological polar surface area (TPSA) is 59.0 Å². The van der Waals surface area contributed by atoms with Crippen molar-refractivity contribution in [2.75, 3.05) is 12.4 Å². The van der Waals surface area contributed by atoms with Crippen LogP contribution in [0.25, 0.3) is 0 Å². The zero-order valence-corrected chi connectivity index (χ0v) is 11.1. The van der Waals surface area contributed by atoms with Crippen molar-refractivity contribution in [3.8, 4) is 0 Å². The summed E-state index contributed by atoms with van der Waals surface area (Å²) < 4.78 is 1.83. The maximum Gasteiger partial charge on any atom is 0.241 e. The van der Waals surface area contributed by atoms with E-state index in [1.165, 1.54) is 0 Å². The van der Waals surface area contributed by atoms with Crippen LogP contribution in [0.3, 0.4) is 0 Å². The van der Waals surface area contributed by atoms with Crippen LogP contribution in [-0.4, -0.2) is 28.8 Å². The van der Waals surface area contributed by atoms with Crippen LogP contribution >= 0.6 is 0 Å². The maximum absolute atomic E-state index is 11.9. The molecule has 5 nitrogen and oxygen atoms in total. The largest absolute Gasteiger partial charge is 0.324 e.